The molecule has 21 heavy (non-hydrogen) atoms. The van der Waals surface area contributed by atoms with Crippen molar-refractivity contribution in [1.82, 2.24) is 9.62 Å². The van der Waals surface area contributed by atoms with Crippen molar-refractivity contribution in [3.8, 4) is 0 Å². The van der Waals surface area contributed by atoms with Crippen molar-refractivity contribution in [2.45, 2.75) is 37.1 Å². The van der Waals surface area contributed by atoms with Gasteiger partial charge in [-0.05, 0) is 51.1 Å². The molecule has 0 saturated carbocycles. The van der Waals surface area contributed by atoms with Gasteiger partial charge in [0.15, 0.2) is 0 Å². The van der Waals surface area contributed by atoms with Gasteiger partial charge in [0.1, 0.15) is 4.90 Å². The summed E-state index contributed by atoms with van der Waals surface area (Å²) in [6.07, 6.45) is 3.65. The maximum Gasteiger partial charge on any atom is 0.242 e. The van der Waals surface area contributed by atoms with Crippen LogP contribution in [0.3, 0.4) is 0 Å². The molecule has 1 aromatic rings. The summed E-state index contributed by atoms with van der Waals surface area (Å²) in [5.41, 5.74) is 6.05. The zero-order valence-corrected chi connectivity index (χ0v) is 14.6. The van der Waals surface area contributed by atoms with Crippen LogP contribution in [0.4, 0.5) is 5.69 Å². The van der Waals surface area contributed by atoms with E-state index in [1.54, 1.807) is 12.1 Å². The van der Waals surface area contributed by atoms with Gasteiger partial charge < -0.3 is 5.73 Å². The van der Waals surface area contributed by atoms with Gasteiger partial charge in [0.2, 0.25) is 10.0 Å². The molecule has 1 atom stereocenters. The Labute approximate surface area is 135 Å². The number of hydrogen-bond donors (Lipinski definition) is 2. The van der Waals surface area contributed by atoms with Gasteiger partial charge in [-0.3, -0.25) is 4.90 Å². The van der Waals surface area contributed by atoms with Gasteiger partial charge in [-0.15, -0.1) is 0 Å². The Kier molecular flexibility index (Phi) is 5.65. The highest BCUT2D eigenvalue weighted by molar-refractivity contribution is 9.10. The van der Waals surface area contributed by atoms with Gasteiger partial charge in [0.05, 0.1) is 5.69 Å². The molecule has 1 aromatic carbocycles. The summed E-state index contributed by atoms with van der Waals surface area (Å²) in [5.74, 6) is 0. The van der Waals surface area contributed by atoms with E-state index in [1.165, 1.54) is 25.3 Å². The Morgan fingerprint density at radius 2 is 2.00 bits per heavy atom. The maximum atomic E-state index is 12.3. The largest absolute Gasteiger partial charge is 0.398 e. The molecule has 0 amide bonds. The third-order valence-corrected chi connectivity index (χ3v) is 5.83. The minimum Gasteiger partial charge on any atom is -0.398 e. The van der Waals surface area contributed by atoms with Crippen LogP contribution in [0.5, 0.6) is 0 Å². The molecule has 3 N–H and O–H groups in total. The Bertz CT molecular complexity index is 586. The molecule has 2 rings (SSSR count). The quantitative estimate of drug-likeness (QED) is 0.773. The zero-order valence-electron chi connectivity index (χ0n) is 12.2. The predicted octanol–water partition coefficient (Wildman–Crippen LogP) is 2.18. The van der Waals surface area contributed by atoms with Crippen molar-refractivity contribution < 1.29 is 8.42 Å². The van der Waals surface area contributed by atoms with Crippen molar-refractivity contribution in [2.24, 2.45) is 0 Å². The third kappa shape index (κ3) is 4.42. The smallest absolute Gasteiger partial charge is 0.242 e. The normalized spacial score (nSPS) is 18.6. The van der Waals surface area contributed by atoms with Gasteiger partial charge in [0, 0.05) is 17.1 Å². The summed E-state index contributed by atoms with van der Waals surface area (Å²) in [5, 5.41) is 0. The molecular formula is C14H22BrN3O2S. The summed E-state index contributed by atoms with van der Waals surface area (Å²) < 4.78 is 28.1. The highest BCUT2D eigenvalue weighted by Gasteiger charge is 2.21. The Balaban J connectivity index is 2.00. The predicted molar refractivity (Wildman–Crippen MR) is 88.6 cm³/mol. The van der Waals surface area contributed by atoms with E-state index >= 15 is 0 Å². The second-order valence-electron chi connectivity index (χ2n) is 5.48. The summed E-state index contributed by atoms with van der Waals surface area (Å²) in [7, 11) is -3.56. The number of nitrogens with zero attached hydrogens (tertiary/aromatic N) is 1. The van der Waals surface area contributed by atoms with Crippen molar-refractivity contribution in [2.75, 3.05) is 25.4 Å². The van der Waals surface area contributed by atoms with Crippen LogP contribution in [-0.4, -0.2) is 39.0 Å². The second kappa shape index (κ2) is 7.09. The van der Waals surface area contributed by atoms with Crippen molar-refractivity contribution in [3.05, 3.63) is 22.7 Å². The molecule has 1 aliphatic rings. The maximum absolute atomic E-state index is 12.3. The average Bonchev–Trinajstić information content (AvgIpc) is 2.45. The van der Waals surface area contributed by atoms with E-state index in [4.69, 9.17) is 5.73 Å². The molecule has 1 saturated heterocycles. The standard InChI is InChI=1S/C14H22BrN3O2S/c1-11(18-7-3-2-4-8-18)10-17-21(19,20)14-6-5-12(15)9-13(14)16/h5-6,9,11,17H,2-4,7-8,10,16H2,1H3. The van der Waals surface area contributed by atoms with E-state index in [0.29, 0.717) is 6.54 Å². The highest BCUT2D eigenvalue weighted by Crippen LogP contribution is 2.22. The molecule has 1 heterocycles. The number of nitrogens with two attached hydrogens (primary N) is 1. The van der Waals surface area contributed by atoms with Crippen LogP contribution in [0.15, 0.2) is 27.6 Å². The first-order chi connectivity index (χ1) is 9.90. The molecular weight excluding hydrogens is 354 g/mol. The summed E-state index contributed by atoms with van der Waals surface area (Å²) in [4.78, 5) is 2.47. The van der Waals surface area contributed by atoms with E-state index in [0.717, 1.165) is 17.6 Å². The van der Waals surface area contributed by atoms with Crippen LogP contribution in [0, 0.1) is 0 Å². The lowest BCUT2D eigenvalue weighted by atomic mass is 10.1. The third-order valence-electron chi connectivity index (χ3n) is 3.84. The van der Waals surface area contributed by atoms with Gasteiger partial charge in [-0.25, -0.2) is 13.1 Å². The molecule has 1 unspecified atom stereocenters. The first kappa shape index (κ1) is 16.7. The number of halogens is 1. The Hall–Kier alpha value is -0.630. The first-order valence-electron chi connectivity index (χ1n) is 7.19. The van der Waals surface area contributed by atoms with Crippen molar-refractivity contribution in [1.29, 1.82) is 0 Å². The molecule has 5 nitrogen and oxygen atoms in total. The number of sulfonamides is 1. The number of anilines is 1. The Morgan fingerprint density at radius 1 is 1.33 bits per heavy atom. The molecule has 0 spiro atoms. The van der Waals surface area contributed by atoms with E-state index in [-0.39, 0.29) is 16.6 Å². The lowest BCUT2D eigenvalue weighted by molar-refractivity contribution is 0.175. The van der Waals surface area contributed by atoms with Crippen molar-refractivity contribution in [3.63, 3.8) is 0 Å². The van der Waals surface area contributed by atoms with Gasteiger partial charge >= 0.3 is 0 Å². The monoisotopic (exact) mass is 375 g/mol. The molecule has 7 heteroatoms. The van der Waals surface area contributed by atoms with Gasteiger partial charge in [0.25, 0.3) is 0 Å². The fraction of sp³-hybridized carbons (Fsp3) is 0.571. The summed E-state index contributed by atoms with van der Waals surface area (Å²) in [6.45, 7) is 4.54. The minimum absolute atomic E-state index is 0.136. The molecule has 1 aliphatic heterocycles. The zero-order chi connectivity index (χ0) is 15.5. The second-order valence-corrected chi connectivity index (χ2v) is 8.13. The molecule has 0 radical (unpaired) electrons. The topological polar surface area (TPSA) is 75.4 Å². The first-order valence-corrected chi connectivity index (χ1v) is 9.46. The molecule has 1 fully saturated rings. The van der Waals surface area contributed by atoms with Crippen LogP contribution in [0.2, 0.25) is 0 Å². The molecule has 0 aliphatic carbocycles. The van der Waals surface area contributed by atoms with E-state index in [1.807, 2.05) is 0 Å². The van der Waals surface area contributed by atoms with E-state index in [2.05, 4.69) is 32.5 Å². The van der Waals surface area contributed by atoms with Crippen LogP contribution >= 0.6 is 15.9 Å². The fourth-order valence-electron chi connectivity index (χ4n) is 2.56. The van der Waals surface area contributed by atoms with Gasteiger partial charge in [-0.1, -0.05) is 22.4 Å². The molecule has 118 valence electrons. The highest BCUT2D eigenvalue weighted by atomic mass is 79.9. The lowest BCUT2D eigenvalue weighted by Crippen LogP contribution is -2.44. The number of nitrogens with one attached hydrogen (secondary N) is 1. The number of benzene rings is 1. The Morgan fingerprint density at radius 3 is 2.62 bits per heavy atom. The fourth-order valence-corrected chi connectivity index (χ4v) is 4.17. The number of hydrogen-bond acceptors (Lipinski definition) is 4. The van der Waals surface area contributed by atoms with Crippen LogP contribution < -0.4 is 10.5 Å². The van der Waals surface area contributed by atoms with Crippen LogP contribution in [-0.2, 0) is 10.0 Å². The van der Waals surface area contributed by atoms with Crippen LogP contribution in [0.25, 0.3) is 0 Å². The SMILES string of the molecule is CC(CNS(=O)(=O)c1ccc(Br)cc1N)N1CCCCC1. The number of rotatable bonds is 5. The minimum atomic E-state index is -3.56. The molecule has 0 aromatic heterocycles. The number of likely N-dealkylation sites (tertiary alicyclic amines) is 1. The number of nitrogen functional groups attached to an aromatic ring is 1. The summed E-state index contributed by atoms with van der Waals surface area (Å²) in [6, 6.07) is 4.99. The van der Waals surface area contributed by atoms with Crippen LogP contribution in [0.1, 0.15) is 26.2 Å². The lowest BCUT2D eigenvalue weighted by Gasteiger charge is -2.32. The van der Waals surface area contributed by atoms with Gasteiger partial charge in [-0.2, -0.15) is 0 Å². The van der Waals surface area contributed by atoms with E-state index in [9.17, 15) is 8.42 Å². The summed E-state index contributed by atoms with van der Waals surface area (Å²) >= 11 is 3.28. The van der Waals surface area contributed by atoms with Crippen molar-refractivity contribution >= 4 is 31.6 Å². The van der Waals surface area contributed by atoms with E-state index < -0.39 is 10.0 Å². The molecule has 0 bridgehead atoms. The average molecular weight is 376 g/mol. The number of piperidine rings is 1.